The predicted octanol–water partition coefficient (Wildman–Crippen LogP) is 5.76. The minimum Gasteiger partial charge on any atom is -0.481 e. The number of thiazole rings is 1. The average Bonchev–Trinajstić information content (AvgIpc) is 3.16. The van der Waals surface area contributed by atoms with Crippen molar-refractivity contribution in [2.45, 2.75) is 53.2 Å². The molecule has 170 valence electrons. The third-order valence-corrected chi connectivity index (χ3v) is 7.09. The molecule has 1 aromatic carbocycles. The maximum atomic E-state index is 12.7. The Balaban J connectivity index is 1.81. The Morgan fingerprint density at radius 2 is 2.13 bits per heavy atom. The van der Waals surface area contributed by atoms with Crippen LogP contribution in [0.1, 0.15) is 45.0 Å². The monoisotopic (exact) mass is 452 g/mol. The van der Waals surface area contributed by atoms with Crippen LogP contribution in [0.3, 0.4) is 0 Å². The molecule has 1 aliphatic heterocycles. The molecule has 2 heterocycles. The summed E-state index contributed by atoms with van der Waals surface area (Å²) in [4.78, 5) is 19.7. The van der Waals surface area contributed by atoms with Gasteiger partial charge in [-0.2, -0.15) is 8.78 Å². The van der Waals surface area contributed by atoms with E-state index in [4.69, 9.17) is 0 Å². The van der Waals surface area contributed by atoms with E-state index in [1.807, 2.05) is 6.92 Å². The molecule has 5 nitrogen and oxygen atoms in total. The number of nitrogens with zero attached hydrogens (tertiary/aromatic N) is 2. The van der Waals surface area contributed by atoms with Crippen molar-refractivity contribution in [3.8, 4) is 16.2 Å². The molecule has 0 saturated carbocycles. The summed E-state index contributed by atoms with van der Waals surface area (Å²) in [6.45, 7) is 5.31. The summed E-state index contributed by atoms with van der Waals surface area (Å²) >= 11 is 1.43. The van der Waals surface area contributed by atoms with Crippen LogP contribution in [0.15, 0.2) is 30.5 Å². The largest absolute Gasteiger partial charge is 0.481 e. The van der Waals surface area contributed by atoms with Crippen LogP contribution in [0.4, 0.5) is 8.78 Å². The second-order valence-electron chi connectivity index (χ2n) is 8.71. The first-order valence-corrected chi connectivity index (χ1v) is 11.5. The smallest absolute Gasteiger partial charge is 0.387 e. The van der Waals surface area contributed by atoms with Crippen molar-refractivity contribution in [1.29, 1.82) is 0 Å². The third kappa shape index (κ3) is 5.60. The number of aromatic nitrogens is 1. The van der Waals surface area contributed by atoms with Gasteiger partial charge in [-0.15, -0.1) is 11.3 Å². The van der Waals surface area contributed by atoms with E-state index in [0.29, 0.717) is 43.3 Å². The summed E-state index contributed by atoms with van der Waals surface area (Å²) in [7, 11) is 0. The van der Waals surface area contributed by atoms with Gasteiger partial charge in [0, 0.05) is 24.8 Å². The molecule has 1 saturated heterocycles. The fourth-order valence-corrected chi connectivity index (χ4v) is 5.50. The van der Waals surface area contributed by atoms with E-state index in [1.54, 1.807) is 24.4 Å². The number of carbonyl (C=O) groups is 1. The Morgan fingerprint density at radius 3 is 2.77 bits per heavy atom. The van der Waals surface area contributed by atoms with Crippen LogP contribution in [-0.2, 0) is 11.3 Å². The van der Waals surface area contributed by atoms with Gasteiger partial charge in [0.05, 0.1) is 16.8 Å². The van der Waals surface area contributed by atoms with E-state index >= 15 is 0 Å². The Morgan fingerprint density at radius 1 is 1.39 bits per heavy atom. The van der Waals surface area contributed by atoms with Crippen molar-refractivity contribution in [2.24, 2.45) is 17.3 Å². The van der Waals surface area contributed by atoms with Crippen LogP contribution < -0.4 is 4.74 Å². The number of piperidine rings is 1. The fraction of sp³-hybridized carbons (Fsp3) is 0.565. The zero-order chi connectivity index (χ0) is 22.6. The number of alkyl halides is 2. The molecule has 3 rings (SSSR count). The Bertz CT molecular complexity index is 889. The highest BCUT2D eigenvalue weighted by Crippen LogP contribution is 2.41. The first-order chi connectivity index (χ1) is 14.7. The maximum Gasteiger partial charge on any atom is 0.387 e. The number of carboxylic acids is 1. The van der Waals surface area contributed by atoms with E-state index in [-0.39, 0.29) is 5.75 Å². The Hall–Kier alpha value is -2.06. The quantitative estimate of drug-likeness (QED) is 0.524. The lowest BCUT2D eigenvalue weighted by Gasteiger charge is -2.45. The van der Waals surface area contributed by atoms with E-state index in [9.17, 15) is 18.7 Å². The van der Waals surface area contributed by atoms with Crippen LogP contribution in [0.25, 0.3) is 10.4 Å². The molecule has 0 aliphatic carbocycles. The van der Waals surface area contributed by atoms with Crippen LogP contribution in [-0.4, -0.2) is 40.7 Å². The van der Waals surface area contributed by atoms with Crippen LogP contribution in [0.2, 0.25) is 0 Å². The summed E-state index contributed by atoms with van der Waals surface area (Å²) in [5.41, 5.74) is -0.157. The SMILES string of the molecule is CCC[C@@]1(C(=O)O)C[C@@H](C(C)C)CN(Cc2ncc(-c3ccccc3OC(F)F)s2)C1. The molecule has 1 aromatic heterocycles. The van der Waals surface area contributed by atoms with Gasteiger partial charge in [0.25, 0.3) is 0 Å². The van der Waals surface area contributed by atoms with Gasteiger partial charge in [-0.1, -0.05) is 39.3 Å². The number of rotatable bonds is 9. The molecule has 1 N–H and O–H groups in total. The molecule has 0 unspecified atom stereocenters. The minimum absolute atomic E-state index is 0.124. The van der Waals surface area contributed by atoms with Gasteiger partial charge in [-0.25, -0.2) is 4.98 Å². The fourth-order valence-electron chi connectivity index (χ4n) is 4.51. The predicted molar refractivity (Wildman–Crippen MR) is 117 cm³/mol. The van der Waals surface area contributed by atoms with Crippen molar-refractivity contribution in [3.05, 3.63) is 35.5 Å². The van der Waals surface area contributed by atoms with Gasteiger partial charge in [-0.05, 0) is 36.8 Å². The maximum absolute atomic E-state index is 12.7. The highest BCUT2D eigenvalue weighted by Gasteiger charge is 2.45. The normalized spacial score (nSPS) is 22.2. The van der Waals surface area contributed by atoms with Gasteiger partial charge in [0.2, 0.25) is 0 Å². The molecule has 0 radical (unpaired) electrons. The van der Waals surface area contributed by atoms with Gasteiger partial charge in [-0.3, -0.25) is 9.69 Å². The van der Waals surface area contributed by atoms with Crippen molar-refractivity contribution < 1.29 is 23.4 Å². The third-order valence-electron chi connectivity index (χ3n) is 6.08. The molecule has 31 heavy (non-hydrogen) atoms. The molecular formula is C23H30F2N2O3S. The zero-order valence-electron chi connectivity index (χ0n) is 18.2. The molecule has 2 atom stereocenters. The number of halogens is 2. The molecule has 1 aliphatic rings. The highest BCUT2D eigenvalue weighted by atomic mass is 32.1. The lowest BCUT2D eigenvalue weighted by Crippen LogP contribution is -2.51. The number of hydrogen-bond donors (Lipinski definition) is 1. The number of para-hydroxylation sites is 1. The summed E-state index contributed by atoms with van der Waals surface area (Å²) in [5.74, 6) is 0.0978. The number of benzene rings is 1. The summed E-state index contributed by atoms with van der Waals surface area (Å²) < 4.78 is 30.1. The number of aliphatic carboxylic acids is 1. The van der Waals surface area contributed by atoms with E-state index < -0.39 is 18.0 Å². The second kappa shape index (κ2) is 10.0. The van der Waals surface area contributed by atoms with Crippen LogP contribution in [0.5, 0.6) is 5.75 Å². The van der Waals surface area contributed by atoms with Gasteiger partial charge in [0.15, 0.2) is 0 Å². The molecule has 0 spiro atoms. The number of hydrogen-bond acceptors (Lipinski definition) is 5. The molecule has 8 heteroatoms. The van der Waals surface area contributed by atoms with Crippen LogP contribution in [0, 0.1) is 17.3 Å². The van der Waals surface area contributed by atoms with E-state index in [0.717, 1.165) is 22.9 Å². The van der Waals surface area contributed by atoms with Crippen molar-refractivity contribution in [2.75, 3.05) is 13.1 Å². The van der Waals surface area contributed by atoms with Gasteiger partial charge >= 0.3 is 12.6 Å². The lowest BCUT2D eigenvalue weighted by atomic mass is 9.70. The van der Waals surface area contributed by atoms with E-state index in [1.165, 1.54) is 17.4 Å². The van der Waals surface area contributed by atoms with Crippen LogP contribution >= 0.6 is 11.3 Å². The Kier molecular flexibility index (Phi) is 7.64. The number of carboxylic acid groups (broad SMARTS) is 1. The molecular weight excluding hydrogens is 422 g/mol. The Labute approximate surface area is 186 Å². The van der Waals surface area contributed by atoms with Crippen molar-refractivity contribution in [3.63, 3.8) is 0 Å². The van der Waals surface area contributed by atoms with Crippen molar-refractivity contribution >= 4 is 17.3 Å². The summed E-state index contributed by atoms with van der Waals surface area (Å²) in [6, 6.07) is 6.69. The van der Waals surface area contributed by atoms with Gasteiger partial charge in [0.1, 0.15) is 10.8 Å². The van der Waals surface area contributed by atoms with E-state index in [2.05, 4.69) is 28.5 Å². The number of ether oxygens (including phenoxy) is 1. The molecule has 2 aromatic rings. The van der Waals surface area contributed by atoms with Gasteiger partial charge < -0.3 is 9.84 Å². The summed E-state index contributed by atoms with van der Waals surface area (Å²) in [6.07, 6.45) is 3.86. The molecule has 0 bridgehead atoms. The highest BCUT2D eigenvalue weighted by molar-refractivity contribution is 7.15. The standard InChI is InChI=1S/C23H30F2N2O3S/c1-4-9-23(21(28)29)10-16(15(2)3)12-27(14-23)13-20-26-11-19(31-20)17-7-5-6-8-18(17)30-22(24)25/h5-8,11,15-16,22H,4,9-10,12-14H2,1-3H3,(H,28,29)/t16-,23-/m1/s1. The second-order valence-corrected chi connectivity index (χ2v) is 9.82. The lowest BCUT2D eigenvalue weighted by molar-refractivity contribution is -0.156. The number of likely N-dealkylation sites (tertiary alicyclic amines) is 1. The first kappa shape index (κ1) is 23.6. The summed E-state index contributed by atoms with van der Waals surface area (Å²) in [5, 5.41) is 10.9. The van der Waals surface area contributed by atoms with Crippen molar-refractivity contribution in [1.82, 2.24) is 9.88 Å². The molecule has 0 amide bonds. The molecule has 1 fully saturated rings. The average molecular weight is 453 g/mol. The minimum atomic E-state index is -2.89. The topological polar surface area (TPSA) is 62.7 Å². The first-order valence-electron chi connectivity index (χ1n) is 10.7. The zero-order valence-corrected chi connectivity index (χ0v) is 19.0.